The highest BCUT2D eigenvalue weighted by Crippen LogP contribution is 2.25. The van der Waals surface area contributed by atoms with Crippen LogP contribution in [0.25, 0.3) is 0 Å². The third-order valence-corrected chi connectivity index (χ3v) is 4.31. The molecule has 0 aromatic heterocycles. The van der Waals surface area contributed by atoms with Crippen LogP contribution in [-0.2, 0) is 14.3 Å². The van der Waals surface area contributed by atoms with Crippen LogP contribution in [0.1, 0.15) is 18.6 Å². The largest absolute Gasteiger partial charge is 0.367 e. The molecule has 0 bridgehead atoms. The van der Waals surface area contributed by atoms with E-state index in [1.54, 1.807) is 11.9 Å². The topological polar surface area (TPSA) is 70.2 Å². The molecule has 1 aromatic rings. The molecule has 3 rings (SSSR count). The molecule has 1 aromatic carbocycles. The second-order valence-electron chi connectivity index (χ2n) is 6.26. The van der Waals surface area contributed by atoms with Gasteiger partial charge < -0.3 is 14.5 Å². The molecule has 0 spiro atoms. The van der Waals surface area contributed by atoms with Gasteiger partial charge in [0.1, 0.15) is 19.2 Å². The van der Waals surface area contributed by atoms with Crippen LogP contribution in [0.5, 0.6) is 0 Å². The van der Waals surface area contributed by atoms with E-state index in [1.165, 1.54) is 4.90 Å². The SMILES string of the molecule is C[C@@H]1CN(C(=O)CN2C(=O)CN(C)C2=O)C[C@@H](c2ccccc2)O1. The first-order valence-electron chi connectivity index (χ1n) is 7.99. The van der Waals surface area contributed by atoms with Crippen molar-refractivity contribution >= 4 is 17.8 Å². The number of hydrogen-bond donors (Lipinski definition) is 0. The molecule has 4 amide bonds. The molecule has 7 heteroatoms. The third-order valence-electron chi connectivity index (χ3n) is 4.31. The number of benzene rings is 1. The summed E-state index contributed by atoms with van der Waals surface area (Å²) in [6.07, 6.45) is -0.313. The second-order valence-corrected chi connectivity index (χ2v) is 6.26. The van der Waals surface area contributed by atoms with Crippen molar-refractivity contribution in [2.75, 3.05) is 33.2 Å². The van der Waals surface area contributed by atoms with Crippen LogP contribution in [0.4, 0.5) is 4.79 Å². The van der Waals surface area contributed by atoms with Crippen molar-refractivity contribution in [3.8, 4) is 0 Å². The summed E-state index contributed by atoms with van der Waals surface area (Å²) in [6, 6.07) is 9.30. The number of imide groups is 1. The van der Waals surface area contributed by atoms with Crippen molar-refractivity contribution in [1.82, 2.24) is 14.7 Å². The molecule has 2 aliphatic heterocycles. The molecular weight excluding hydrogens is 310 g/mol. The molecule has 0 aliphatic carbocycles. The Bertz CT molecular complexity index is 648. The Morgan fingerprint density at radius 2 is 1.92 bits per heavy atom. The van der Waals surface area contributed by atoms with Gasteiger partial charge in [-0.1, -0.05) is 30.3 Å². The van der Waals surface area contributed by atoms with E-state index in [0.717, 1.165) is 10.5 Å². The Hall–Kier alpha value is -2.41. The second kappa shape index (κ2) is 6.60. The van der Waals surface area contributed by atoms with Gasteiger partial charge in [-0.25, -0.2) is 4.79 Å². The van der Waals surface area contributed by atoms with E-state index < -0.39 is 6.03 Å². The first kappa shape index (κ1) is 16.4. The lowest BCUT2D eigenvalue weighted by Gasteiger charge is -2.37. The fourth-order valence-electron chi connectivity index (χ4n) is 3.07. The zero-order chi connectivity index (χ0) is 17.3. The lowest BCUT2D eigenvalue weighted by molar-refractivity contribution is -0.147. The summed E-state index contributed by atoms with van der Waals surface area (Å²) in [4.78, 5) is 40.3. The van der Waals surface area contributed by atoms with E-state index in [9.17, 15) is 14.4 Å². The number of morpholine rings is 1. The van der Waals surface area contributed by atoms with E-state index in [0.29, 0.717) is 13.1 Å². The number of hydrogen-bond acceptors (Lipinski definition) is 4. The van der Waals surface area contributed by atoms with E-state index in [1.807, 2.05) is 37.3 Å². The normalized spacial score (nSPS) is 24.7. The number of carbonyl (C=O) groups excluding carboxylic acids is 3. The smallest absolute Gasteiger partial charge is 0.327 e. The van der Waals surface area contributed by atoms with Crippen LogP contribution in [0.2, 0.25) is 0 Å². The number of ether oxygens (including phenoxy) is 1. The van der Waals surface area contributed by atoms with Crippen LogP contribution in [0, 0.1) is 0 Å². The lowest BCUT2D eigenvalue weighted by atomic mass is 10.1. The number of amides is 4. The molecule has 0 radical (unpaired) electrons. The van der Waals surface area contributed by atoms with Crippen LogP contribution in [0.3, 0.4) is 0 Å². The number of nitrogens with zero attached hydrogens (tertiary/aromatic N) is 3. The summed E-state index contributed by atoms with van der Waals surface area (Å²) in [6.45, 7) is 2.59. The van der Waals surface area contributed by atoms with Crippen molar-refractivity contribution < 1.29 is 19.1 Å². The zero-order valence-corrected chi connectivity index (χ0v) is 13.8. The zero-order valence-electron chi connectivity index (χ0n) is 13.8. The average Bonchev–Trinajstić information content (AvgIpc) is 2.81. The monoisotopic (exact) mass is 331 g/mol. The summed E-state index contributed by atoms with van der Waals surface area (Å²) in [5.74, 6) is -0.570. The van der Waals surface area contributed by atoms with Gasteiger partial charge in [-0.05, 0) is 12.5 Å². The highest BCUT2D eigenvalue weighted by molar-refractivity contribution is 6.04. The molecule has 2 saturated heterocycles. The maximum Gasteiger partial charge on any atom is 0.327 e. The maximum absolute atomic E-state index is 12.6. The minimum atomic E-state index is -0.422. The Balaban J connectivity index is 1.68. The first-order chi connectivity index (χ1) is 11.5. The first-order valence-corrected chi connectivity index (χ1v) is 7.99. The summed E-state index contributed by atoms with van der Waals surface area (Å²) in [5, 5.41) is 0. The molecule has 128 valence electrons. The highest BCUT2D eigenvalue weighted by atomic mass is 16.5. The molecule has 2 atom stereocenters. The third kappa shape index (κ3) is 3.26. The molecule has 2 aliphatic rings. The van der Waals surface area contributed by atoms with Crippen LogP contribution < -0.4 is 0 Å². The van der Waals surface area contributed by atoms with Gasteiger partial charge in [-0.3, -0.25) is 14.5 Å². The van der Waals surface area contributed by atoms with Gasteiger partial charge in [-0.2, -0.15) is 0 Å². The Morgan fingerprint density at radius 1 is 1.21 bits per heavy atom. The van der Waals surface area contributed by atoms with Crippen LogP contribution in [-0.4, -0.2) is 71.9 Å². The number of carbonyl (C=O) groups is 3. The molecule has 7 nitrogen and oxygen atoms in total. The van der Waals surface area contributed by atoms with Gasteiger partial charge in [-0.15, -0.1) is 0 Å². The van der Waals surface area contributed by atoms with Gasteiger partial charge in [0.05, 0.1) is 12.6 Å². The Kier molecular flexibility index (Phi) is 4.53. The maximum atomic E-state index is 12.6. The van der Waals surface area contributed by atoms with Gasteiger partial charge >= 0.3 is 6.03 Å². The van der Waals surface area contributed by atoms with Crippen molar-refractivity contribution in [2.24, 2.45) is 0 Å². The van der Waals surface area contributed by atoms with Gasteiger partial charge in [0.2, 0.25) is 5.91 Å². The minimum absolute atomic E-state index is 0.0261. The fourth-order valence-corrected chi connectivity index (χ4v) is 3.07. The number of rotatable bonds is 3. The fraction of sp³-hybridized carbons (Fsp3) is 0.471. The Morgan fingerprint density at radius 3 is 2.54 bits per heavy atom. The minimum Gasteiger partial charge on any atom is -0.367 e. The summed E-state index contributed by atoms with van der Waals surface area (Å²) < 4.78 is 5.93. The van der Waals surface area contributed by atoms with Crippen molar-refractivity contribution in [3.05, 3.63) is 35.9 Å². The molecule has 0 unspecified atom stereocenters. The summed E-state index contributed by atoms with van der Waals surface area (Å²) in [5.41, 5.74) is 1.01. The predicted molar refractivity (Wildman–Crippen MR) is 86.0 cm³/mol. The Labute approximate surface area is 140 Å². The molecular formula is C17H21N3O4. The van der Waals surface area contributed by atoms with Gasteiger partial charge in [0.15, 0.2) is 0 Å². The van der Waals surface area contributed by atoms with E-state index >= 15 is 0 Å². The van der Waals surface area contributed by atoms with Gasteiger partial charge in [0.25, 0.3) is 5.91 Å². The van der Waals surface area contributed by atoms with Gasteiger partial charge in [0, 0.05) is 13.6 Å². The molecule has 0 N–H and O–H groups in total. The van der Waals surface area contributed by atoms with E-state index in [4.69, 9.17) is 4.74 Å². The molecule has 2 heterocycles. The van der Waals surface area contributed by atoms with Crippen molar-refractivity contribution in [1.29, 1.82) is 0 Å². The average molecular weight is 331 g/mol. The summed E-state index contributed by atoms with van der Waals surface area (Å²) >= 11 is 0. The van der Waals surface area contributed by atoms with E-state index in [2.05, 4.69) is 0 Å². The molecule has 24 heavy (non-hydrogen) atoms. The molecule has 2 fully saturated rings. The number of likely N-dealkylation sites (N-methyl/N-ethyl adjacent to an activating group) is 1. The quantitative estimate of drug-likeness (QED) is 0.771. The van der Waals surface area contributed by atoms with Crippen molar-refractivity contribution in [3.63, 3.8) is 0 Å². The van der Waals surface area contributed by atoms with Crippen LogP contribution in [0.15, 0.2) is 30.3 Å². The predicted octanol–water partition coefficient (Wildman–Crippen LogP) is 0.869. The van der Waals surface area contributed by atoms with E-state index in [-0.39, 0.29) is 37.1 Å². The number of urea groups is 1. The standard InChI is InChI=1S/C17H21N3O4/c1-12-8-19(9-14(24-12)13-6-4-3-5-7-13)15(21)11-20-16(22)10-18(2)17(20)23/h3-7,12,14H,8-11H2,1-2H3/t12-,14+/m1/s1. The van der Waals surface area contributed by atoms with Crippen molar-refractivity contribution in [2.45, 2.75) is 19.1 Å². The highest BCUT2D eigenvalue weighted by Gasteiger charge is 2.37. The molecule has 0 saturated carbocycles. The summed E-state index contributed by atoms with van der Waals surface area (Å²) in [7, 11) is 1.55. The lowest BCUT2D eigenvalue weighted by Crippen LogP contribution is -2.50. The van der Waals surface area contributed by atoms with Crippen LogP contribution >= 0.6 is 0 Å².